The van der Waals surface area contributed by atoms with Crippen LogP contribution in [0.3, 0.4) is 0 Å². The molecular formula is C15H18ClN3O2. The van der Waals surface area contributed by atoms with E-state index in [9.17, 15) is 4.79 Å². The molecule has 0 radical (unpaired) electrons. The van der Waals surface area contributed by atoms with Crippen molar-refractivity contribution < 1.29 is 9.53 Å². The number of imidazole rings is 1. The van der Waals surface area contributed by atoms with Gasteiger partial charge < -0.3 is 14.2 Å². The number of hydrogen-bond donors (Lipinski definition) is 0. The van der Waals surface area contributed by atoms with Gasteiger partial charge in [0.05, 0.1) is 17.1 Å². The predicted octanol–water partition coefficient (Wildman–Crippen LogP) is 3.48. The van der Waals surface area contributed by atoms with Crippen molar-refractivity contribution in [1.29, 1.82) is 0 Å². The van der Waals surface area contributed by atoms with E-state index in [0.29, 0.717) is 18.4 Å². The fraction of sp³-hybridized carbons (Fsp3) is 0.467. The van der Waals surface area contributed by atoms with Crippen molar-refractivity contribution in [2.24, 2.45) is 0 Å². The fourth-order valence-electron chi connectivity index (χ4n) is 2.46. The number of halogens is 1. The first-order valence-corrected chi connectivity index (χ1v) is 7.33. The fourth-order valence-corrected chi connectivity index (χ4v) is 2.78. The zero-order chi connectivity index (χ0) is 15.2. The summed E-state index contributed by atoms with van der Waals surface area (Å²) in [6.07, 6.45) is -0.278. The molecule has 0 spiro atoms. The third-order valence-electron chi connectivity index (χ3n) is 3.43. The molecule has 1 aliphatic heterocycles. The summed E-state index contributed by atoms with van der Waals surface area (Å²) in [7, 11) is 0. The number of aromatic nitrogens is 2. The lowest BCUT2D eigenvalue weighted by molar-refractivity contribution is 0.00154. The van der Waals surface area contributed by atoms with Gasteiger partial charge in [0.25, 0.3) is 0 Å². The van der Waals surface area contributed by atoms with Gasteiger partial charge in [-0.2, -0.15) is 0 Å². The monoisotopic (exact) mass is 307 g/mol. The van der Waals surface area contributed by atoms with Gasteiger partial charge in [0.1, 0.15) is 5.60 Å². The number of rotatable bonds is 1. The summed E-state index contributed by atoms with van der Waals surface area (Å²) >= 11 is 6.23. The minimum absolute atomic E-state index is 0.150. The van der Waals surface area contributed by atoms with Crippen LogP contribution in [0, 0.1) is 0 Å². The average molecular weight is 308 g/mol. The number of nitrogens with zero attached hydrogens (tertiary/aromatic N) is 3. The number of para-hydroxylation sites is 2. The van der Waals surface area contributed by atoms with Gasteiger partial charge in [-0.05, 0) is 44.5 Å². The quantitative estimate of drug-likeness (QED) is 0.810. The molecule has 0 N–H and O–H groups in total. The van der Waals surface area contributed by atoms with Crippen LogP contribution in [0.15, 0.2) is 24.3 Å². The molecule has 0 aliphatic carbocycles. The van der Waals surface area contributed by atoms with E-state index in [1.807, 2.05) is 49.6 Å². The molecule has 6 heteroatoms. The molecule has 3 rings (SSSR count). The number of carbonyl (C=O) groups is 1. The molecule has 1 fully saturated rings. The number of hydrogen-bond acceptors (Lipinski definition) is 3. The highest BCUT2D eigenvalue weighted by Crippen LogP contribution is 2.30. The number of ether oxygens (including phenoxy) is 1. The van der Waals surface area contributed by atoms with Crippen LogP contribution >= 0.6 is 11.6 Å². The number of likely N-dealkylation sites (tertiary alicyclic amines) is 1. The summed E-state index contributed by atoms with van der Waals surface area (Å²) in [5.74, 6) is 0. The van der Waals surface area contributed by atoms with E-state index < -0.39 is 5.60 Å². The molecule has 0 atom stereocenters. The molecule has 0 unspecified atom stereocenters. The van der Waals surface area contributed by atoms with Crippen LogP contribution in [0.4, 0.5) is 4.79 Å². The zero-order valence-electron chi connectivity index (χ0n) is 12.3. The molecular weight excluding hydrogens is 290 g/mol. The van der Waals surface area contributed by atoms with Gasteiger partial charge in [-0.15, -0.1) is 0 Å². The molecule has 0 saturated carbocycles. The van der Waals surface area contributed by atoms with Gasteiger partial charge >= 0.3 is 6.09 Å². The topological polar surface area (TPSA) is 47.4 Å². The second kappa shape index (κ2) is 4.91. The summed E-state index contributed by atoms with van der Waals surface area (Å²) in [6.45, 7) is 6.78. The van der Waals surface area contributed by atoms with Crippen molar-refractivity contribution in [3.63, 3.8) is 0 Å². The Balaban J connectivity index is 1.73. The minimum Gasteiger partial charge on any atom is -0.444 e. The first kappa shape index (κ1) is 14.2. The van der Waals surface area contributed by atoms with E-state index in [2.05, 4.69) is 4.98 Å². The Morgan fingerprint density at radius 2 is 2.00 bits per heavy atom. The molecule has 5 nitrogen and oxygen atoms in total. The summed E-state index contributed by atoms with van der Waals surface area (Å²) in [5, 5.41) is 0.463. The summed E-state index contributed by atoms with van der Waals surface area (Å²) in [4.78, 5) is 18.0. The van der Waals surface area contributed by atoms with Crippen LogP contribution in [-0.4, -0.2) is 39.2 Å². The highest BCUT2D eigenvalue weighted by molar-refractivity contribution is 6.29. The van der Waals surface area contributed by atoms with Gasteiger partial charge in [-0.3, -0.25) is 0 Å². The maximum absolute atomic E-state index is 12.0. The molecule has 21 heavy (non-hydrogen) atoms. The Hall–Kier alpha value is -1.75. The van der Waals surface area contributed by atoms with Crippen LogP contribution in [0.2, 0.25) is 5.28 Å². The maximum atomic E-state index is 12.0. The Labute approximate surface area is 128 Å². The zero-order valence-corrected chi connectivity index (χ0v) is 13.1. The Kier molecular flexibility index (Phi) is 3.32. The van der Waals surface area contributed by atoms with Gasteiger partial charge in [-0.1, -0.05) is 12.1 Å². The van der Waals surface area contributed by atoms with Gasteiger partial charge in [0.2, 0.25) is 5.28 Å². The van der Waals surface area contributed by atoms with Crippen molar-refractivity contribution in [2.45, 2.75) is 32.4 Å². The van der Waals surface area contributed by atoms with Crippen molar-refractivity contribution in [3.05, 3.63) is 29.5 Å². The lowest BCUT2D eigenvalue weighted by atomic mass is 10.1. The summed E-state index contributed by atoms with van der Waals surface area (Å²) in [5.41, 5.74) is 1.40. The number of fused-ring (bicyclic) bond motifs is 1. The van der Waals surface area contributed by atoms with Gasteiger partial charge in [0, 0.05) is 13.1 Å². The van der Waals surface area contributed by atoms with E-state index in [4.69, 9.17) is 16.3 Å². The van der Waals surface area contributed by atoms with E-state index in [1.165, 1.54) is 0 Å². The first-order valence-electron chi connectivity index (χ1n) is 6.95. The van der Waals surface area contributed by atoms with E-state index >= 15 is 0 Å². The molecule has 1 saturated heterocycles. The van der Waals surface area contributed by atoms with Gasteiger partial charge in [-0.25, -0.2) is 9.78 Å². The van der Waals surface area contributed by atoms with Crippen LogP contribution in [0.1, 0.15) is 26.8 Å². The number of amides is 1. The Morgan fingerprint density at radius 1 is 1.33 bits per heavy atom. The van der Waals surface area contributed by atoms with E-state index in [1.54, 1.807) is 4.90 Å². The lowest BCUT2D eigenvalue weighted by Crippen LogP contribution is -2.52. The van der Waals surface area contributed by atoms with Crippen molar-refractivity contribution in [1.82, 2.24) is 14.5 Å². The standard InChI is InChI=1S/C15H18ClN3O2/c1-15(2,3)21-14(20)18-8-10(9-18)19-12-7-5-4-6-11(12)17-13(19)16/h4-7,10H,8-9H2,1-3H3. The summed E-state index contributed by atoms with van der Waals surface area (Å²) < 4.78 is 7.34. The maximum Gasteiger partial charge on any atom is 0.410 e. The second-order valence-electron chi connectivity index (χ2n) is 6.28. The highest BCUT2D eigenvalue weighted by Gasteiger charge is 2.36. The molecule has 112 valence electrons. The number of carbonyl (C=O) groups excluding carboxylic acids is 1. The SMILES string of the molecule is CC(C)(C)OC(=O)N1CC(n2c(Cl)nc3ccccc32)C1. The largest absolute Gasteiger partial charge is 0.444 e. The van der Waals surface area contributed by atoms with Crippen LogP contribution in [0.25, 0.3) is 11.0 Å². The number of benzene rings is 1. The van der Waals surface area contributed by atoms with Crippen molar-refractivity contribution in [2.75, 3.05) is 13.1 Å². The van der Waals surface area contributed by atoms with Crippen LogP contribution in [0.5, 0.6) is 0 Å². The lowest BCUT2D eigenvalue weighted by Gasteiger charge is -2.40. The molecule has 1 aliphatic rings. The smallest absolute Gasteiger partial charge is 0.410 e. The first-order chi connectivity index (χ1) is 9.85. The molecule has 0 bridgehead atoms. The van der Waals surface area contributed by atoms with Crippen LogP contribution in [-0.2, 0) is 4.74 Å². The predicted molar refractivity (Wildman–Crippen MR) is 81.6 cm³/mol. The van der Waals surface area contributed by atoms with Crippen molar-refractivity contribution >= 4 is 28.7 Å². The molecule has 1 amide bonds. The minimum atomic E-state index is -0.471. The molecule has 1 aromatic heterocycles. The third kappa shape index (κ3) is 2.70. The van der Waals surface area contributed by atoms with Crippen LogP contribution < -0.4 is 0 Å². The Morgan fingerprint density at radius 3 is 2.67 bits per heavy atom. The normalized spacial score (nSPS) is 16.1. The Bertz CT molecular complexity index is 684. The van der Waals surface area contributed by atoms with E-state index in [-0.39, 0.29) is 12.1 Å². The molecule has 2 aromatic rings. The molecule has 1 aromatic carbocycles. The highest BCUT2D eigenvalue weighted by atomic mass is 35.5. The summed E-state index contributed by atoms with van der Waals surface area (Å²) in [6, 6.07) is 7.97. The molecule has 2 heterocycles. The second-order valence-corrected chi connectivity index (χ2v) is 6.62. The van der Waals surface area contributed by atoms with Crippen molar-refractivity contribution in [3.8, 4) is 0 Å². The van der Waals surface area contributed by atoms with E-state index in [0.717, 1.165) is 11.0 Å². The van der Waals surface area contributed by atoms with Gasteiger partial charge in [0.15, 0.2) is 0 Å². The average Bonchev–Trinajstić information content (AvgIpc) is 2.62. The third-order valence-corrected chi connectivity index (χ3v) is 3.70.